The smallest absolute Gasteiger partial charge is 0.341 e. The summed E-state index contributed by atoms with van der Waals surface area (Å²) >= 11 is 1.41. The number of anilines is 1. The molecule has 6 heteroatoms. The number of rotatable bonds is 5. The van der Waals surface area contributed by atoms with Gasteiger partial charge < -0.3 is 10.1 Å². The fraction of sp³-hybridized carbons (Fsp3) is 0.318. The Bertz CT molecular complexity index is 954. The zero-order chi connectivity index (χ0) is 20.1. The third-order valence-electron chi connectivity index (χ3n) is 4.69. The van der Waals surface area contributed by atoms with E-state index < -0.39 is 11.9 Å². The number of amides is 1. The van der Waals surface area contributed by atoms with E-state index in [9.17, 15) is 14.9 Å². The van der Waals surface area contributed by atoms with Gasteiger partial charge in [0.05, 0.1) is 12.2 Å². The highest BCUT2D eigenvalue weighted by atomic mass is 32.1. The number of hydrogen-bond donors (Lipinski definition) is 1. The van der Waals surface area contributed by atoms with Crippen molar-refractivity contribution in [2.75, 3.05) is 11.9 Å². The molecule has 3 rings (SSSR count). The molecule has 28 heavy (non-hydrogen) atoms. The molecule has 1 aromatic heterocycles. The van der Waals surface area contributed by atoms with Gasteiger partial charge in [0.2, 0.25) is 0 Å². The summed E-state index contributed by atoms with van der Waals surface area (Å²) in [6.07, 6.45) is 4.21. The van der Waals surface area contributed by atoms with Crippen LogP contribution >= 0.6 is 11.3 Å². The van der Waals surface area contributed by atoms with E-state index in [-0.39, 0.29) is 12.2 Å². The van der Waals surface area contributed by atoms with Crippen LogP contribution in [-0.2, 0) is 22.4 Å². The fourth-order valence-electron chi connectivity index (χ4n) is 3.29. The number of nitrogens with one attached hydrogen (secondary N) is 1. The molecule has 1 heterocycles. The zero-order valence-corrected chi connectivity index (χ0v) is 16.8. The number of hydrogen-bond acceptors (Lipinski definition) is 5. The molecule has 1 atom stereocenters. The molecule has 0 spiro atoms. The summed E-state index contributed by atoms with van der Waals surface area (Å²) in [6, 6.07) is 11.1. The number of carbonyl (C=O) groups excluding carboxylic acids is 2. The van der Waals surface area contributed by atoms with Crippen molar-refractivity contribution in [3.8, 4) is 6.07 Å². The van der Waals surface area contributed by atoms with Crippen molar-refractivity contribution in [1.29, 1.82) is 5.26 Å². The Morgan fingerprint density at radius 2 is 2.11 bits per heavy atom. The minimum atomic E-state index is -0.524. The van der Waals surface area contributed by atoms with E-state index in [1.54, 1.807) is 6.92 Å². The van der Waals surface area contributed by atoms with Gasteiger partial charge in [0.15, 0.2) is 0 Å². The van der Waals surface area contributed by atoms with Crippen molar-refractivity contribution >= 4 is 34.3 Å². The van der Waals surface area contributed by atoms with E-state index in [0.717, 1.165) is 35.3 Å². The van der Waals surface area contributed by atoms with E-state index in [1.807, 2.05) is 36.4 Å². The molecular weight excluding hydrogens is 372 g/mol. The lowest BCUT2D eigenvalue weighted by molar-refractivity contribution is -0.112. The van der Waals surface area contributed by atoms with Gasteiger partial charge in [-0.2, -0.15) is 5.26 Å². The third kappa shape index (κ3) is 4.32. The average Bonchev–Trinajstić information content (AvgIpc) is 3.03. The summed E-state index contributed by atoms with van der Waals surface area (Å²) in [7, 11) is 0. The summed E-state index contributed by atoms with van der Waals surface area (Å²) in [5.41, 5.74) is 2.17. The molecule has 1 aliphatic carbocycles. The normalized spacial score (nSPS) is 16.0. The lowest BCUT2D eigenvalue weighted by Crippen LogP contribution is -2.17. The lowest BCUT2D eigenvalue weighted by Gasteiger charge is -2.18. The van der Waals surface area contributed by atoms with Crippen LogP contribution in [0.15, 0.2) is 35.9 Å². The molecule has 0 bridgehead atoms. The number of nitriles is 1. The van der Waals surface area contributed by atoms with Crippen LogP contribution in [0.1, 0.15) is 46.6 Å². The van der Waals surface area contributed by atoms with Crippen molar-refractivity contribution in [2.24, 2.45) is 5.92 Å². The SMILES string of the molecule is CCOC(=O)c1c(NC(=O)/C(C#N)=C/c2ccccc2)sc2c1CC[C@H](C)C2. The summed E-state index contributed by atoms with van der Waals surface area (Å²) in [5, 5.41) is 12.7. The number of nitrogens with zero attached hydrogens (tertiary/aromatic N) is 1. The van der Waals surface area contributed by atoms with Crippen LogP contribution in [0, 0.1) is 17.2 Å². The maximum atomic E-state index is 12.7. The first kappa shape index (κ1) is 19.8. The highest BCUT2D eigenvalue weighted by Crippen LogP contribution is 2.40. The summed E-state index contributed by atoms with van der Waals surface area (Å²) in [5.74, 6) is -0.406. The zero-order valence-electron chi connectivity index (χ0n) is 16.0. The largest absolute Gasteiger partial charge is 0.462 e. The Labute approximate surface area is 168 Å². The van der Waals surface area contributed by atoms with Crippen molar-refractivity contribution in [3.05, 3.63) is 57.5 Å². The molecule has 1 N–H and O–H groups in total. The van der Waals surface area contributed by atoms with Gasteiger partial charge in [0, 0.05) is 4.88 Å². The maximum Gasteiger partial charge on any atom is 0.341 e. The molecule has 5 nitrogen and oxygen atoms in total. The third-order valence-corrected chi connectivity index (χ3v) is 5.86. The Morgan fingerprint density at radius 1 is 1.36 bits per heavy atom. The monoisotopic (exact) mass is 394 g/mol. The molecule has 2 aromatic rings. The molecule has 0 radical (unpaired) electrons. The number of benzene rings is 1. The van der Waals surface area contributed by atoms with E-state index in [2.05, 4.69) is 12.2 Å². The number of ether oxygens (including phenoxy) is 1. The fourth-order valence-corrected chi connectivity index (χ4v) is 4.69. The predicted molar refractivity (Wildman–Crippen MR) is 110 cm³/mol. The van der Waals surface area contributed by atoms with E-state index in [0.29, 0.717) is 16.5 Å². The Morgan fingerprint density at radius 3 is 2.79 bits per heavy atom. The Hall–Kier alpha value is -2.91. The molecule has 0 saturated carbocycles. The van der Waals surface area contributed by atoms with Crippen LogP contribution in [-0.4, -0.2) is 18.5 Å². The molecule has 0 unspecified atom stereocenters. The molecule has 0 saturated heterocycles. The highest BCUT2D eigenvalue weighted by molar-refractivity contribution is 7.17. The molecular formula is C22H22N2O3S. The number of esters is 1. The second-order valence-corrected chi connectivity index (χ2v) is 7.92. The van der Waals surface area contributed by atoms with Gasteiger partial charge in [0.25, 0.3) is 5.91 Å². The van der Waals surface area contributed by atoms with Gasteiger partial charge in [-0.1, -0.05) is 37.3 Å². The lowest BCUT2D eigenvalue weighted by atomic mass is 9.88. The summed E-state index contributed by atoms with van der Waals surface area (Å²) in [6.45, 7) is 4.21. The average molecular weight is 394 g/mol. The second kappa shape index (κ2) is 8.85. The van der Waals surface area contributed by atoms with Crippen LogP contribution in [0.2, 0.25) is 0 Å². The molecule has 0 aliphatic heterocycles. The van der Waals surface area contributed by atoms with Crippen LogP contribution < -0.4 is 5.32 Å². The van der Waals surface area contributed by atoms with E-state index >= 15 is 0 Å². The molecule has 0 fully saturated rings. The first-order valence-electron chi connectivity index (χ1n) is 9.33. The second-order valence-electron chi connectivity index (χ2n) is 6.81. The predicted octanol–water partition coefficient (Wildman–Crippen LogP) is 4.60. The van der Waals surface area contributed by atoms with Crippen molar-refractivity contribution < 1.29 is 14.3 Å². The minimum absolute atomic E-state index is 0.0132. The van der Waals surface area contributed by atoms with Gasteiger partial charge in [0.1, 0.15) is 16.6 Å². The number of thiophene rings is 1. The van der Waals surface area contributed by atoms with Crippen LogP contribution in [0.5, 0.6) is 0 Å². The maximum absolute atomic E-state index is 12.7. The number of fused-ring (bicyclic) bond motifs is 1. The quantitative estimate of drug-likeness (QED) is 0.457. The van der Waals surface area contributed by atoms with Crippen LogP contribution in [0.25, 0.3) is 6.08 Å². The molecule has 144 valence electrons. The topological polar surface area (TPSA) is 79.2 Å². The Balaban J connectivity index is 1.92. The van der Waals surface area contributed by atoms with Gasteiger partial charge in [-0.3, -0.25) is 4.79 Å². The van der Waals surface area contributed by atoms with Crippen molar-refractivity contribution in [3.63, 3.8) is 0 Å². The van der Waals surface area contributed by atoms with Gasteiger partial charge in [-0.05, 0) is 49.3 Å². The van der Waals surface area contributed by atoms with Gasteiger partial charge in [-0.25, -0.2) is 4.79 Å². The van der Waals surface area contributed by atoms with E-state index in [1.165, 1.54) is 17.4 Å². The van der Waals surface area contributed by atoms with E-state index in [4.69, 9.17) is 4.74 Å². The first-order valence-corrected chi connectivity index (χ1v) is 10.1. The molecule has 1 amide bonds. The highest BCUT2D eigenvalue weighted by Gasteiger charge is 2.29. The minimum Gasteiger partial charge on any atom is -0.462 e. The van der Waals surface area contributed by atoms with Crippen LogP contribution in [0.4, 0.5) is 5.00 Å². The molecule has 1 aliphatic rings. The van der Waals surface area contributed by atoms with Gasteiger partial charge in [-0.15, -0.1) is 11.3 Å². The first-order chi connectivity index (χ1) is 13.5. The standard InChI is InChI=1S/C22H22N2O3S/c1-3-27-22(26)19-17-10-9-14(2)11-18(17)28-21(19)24-20(25)16(13-23)12-15-7-5-4-6-8-15/h4-8,12,14H,3,9-11H2,1-2H3,(H,24,25)/b16-12+/t14-/m0/s1. The molecule has 1 aromatic carbocycles. The van der Waals surface area contributed by atoms with Crippen LogP contribution in [0.3, 0.4) is 0 Å². The Kier molecular flexibility index (Phi) is 6.27. The van der Waals surface area contributed by atoms with Gasteiger partial charge >= 0.3 is 5.97 Å². The van der Waals surface area contributed by atoms with Crippen molar-refractivity contribution in [1.82, 2.24) is 0 Å². The summed E-state index contributed by atoms with van der Waals surface area (Å²) < 4.78 is 5.22. The van der Waals surface area contributed by atoms with Crippen molar-refractivity contribution in [2.45, 2.75) is 33.1 Å². The number of carbonyl (C=O) groups is 2. The summed E-state index contributed by atoms with van der Waals surface area (Å²) in [4.78, 5) is 26.4.